The van der Waals surface area contributed by atoms with Crippen LogP contribution in [0.2, 0.25) is 0 Å². The number of benzene rings is 2. The molecule has 0 heterocycles. The first-order valence-corrected chi connectivity index (χ1v) is 6.33. The number of hydrogen-bond donors (Lipinski definition) is 0. The minimum atomic E-state index is 0.381. The Morgan fingerprint density at radius 2 is 1.58 bits per heavy atom. The van der Waals surface area contributed by atoms with Crippen LogP contribution in [0.4, 0.5) is 0 Å². The molecule has 0 amide bonds. The zero-order chi connectivity index (χ0) is 13.3. The third-order valence-electron chi connectivity index (χ3n) is 2.64. The Morgan fingerprint density at radius 1 is 0.947 bits per heavy atom. The molecule has 0 N–H and O–H groups in total. The molecular weight excluding hydrogens is 238 g/mol. The van der Waals surface area contributed by atoms with E-state index in [-0.39, 0.29) is 0 Å². The second kappa shape index (κ2) is 7.21. The van der Waals surface area contributed by atoms with Gasteiger partial charge in [0.15, 0.2) is 12.8 Å². The van der Waals surface area contributed by atoms with Gasteiger partial charge in [-0.2, -0.15) is 0 Å². The molecule has 0 radical (unpaired) electrons. The van der Waals surface area contributed by atoms with Gasteiger partial charge in [-0.1, -0.05) is 48.5 Å². The summed E-state index contributed by atoms with van der Waals surface area (Å²) >= 11 is 0. The maximum Gasteiger partial charge on any atom is 0.178 e. The first-order valence-electron chi connectivity index (χ1n) is 6.33. The lowest BCUT2D eigenvalue weighted by Gasteiger charge is -2.05. The molecule has 0 atom stereocenters. The van der Waals surface area contributed by atoms with Crippen molar-refractivity contribution in [3.63, 3.8) is 0 Å². The summed E-state index contributed by atoms with van der Waals surface area (Å²) in [6.07, 6.45) is 2.22. The SMILES string of the molecule is [O-]/[N+](=C\CCOc1ccccc1)Cc1ccccc1. The second-order valence-electron chi connectivity index (χ2n) is 4.19. The molecule has 3 heteroatoms. The number of hydrogen-bond acceptors (Lipinski definition) is 2. The van der Waals surface area contributed by atoms with Gasteiger partial charge in [-0.25, -0.2) is 4.74 Å². The van der Waals surface area contributed by atoms with Gasteiger partial charge in [0, 0.05) is 5.56 Å². The Balaban J connectivity index is 1.73. The third kappa shape index (κ3) is 4.84. The van der Waals surface area contributed by atoms with E-state index in [1.54, 1.807) is 6.21 Å². The molecule has 0 bridgehead atoms. The average molecular weight is 255 g/mol. The van der Waals surface area contributed by atoms with Crippen LogP contribution in [-0.2, 0) is 6.54 Å². The summed E-state index contributed by atoms with van der Waals surface area (Å²) in [6.45, 7) is 0.893. The summed E-state index contributed by atoms with van der Waals surface area (Å²) in [4.78, 5) is 0. The van der Waals surface area contributed by atoms with Crippen LogP contribution in [0.25, 0.3) is 0 Å². The number of rotatable bonds is 6. The van der Waals surface area contributed by atoms with Gasteiger partial charge in [-0.3, -0.25) is 0 Å². The van der Waals surface area contributed by atoms with Crippen molar-refractivity contribution in [2.24, 2.45) is 0 Å². The molecule has 19 heavy (non-hydrogen) atoms. The molecular formula is C16H17NO2. The largest absolute Gasteiger partial charge is 0.624 e. The first-order chi connectivity index (χ1) is 9.34. The molecule has 0 saturated carbocycles. The predicted molar refractivity (Wildman–Crippen MR) is 76.4 cm³/mol. The van der Waals surface area contributed by atoms with Crippen molar-refractivity contribution in [3.8, 4) is 5.75 Å². The van der Waals surface area contributed by atoms with Crippen molar-refractivity contribution in [2.45, 2.75) is 13.0 Å². The average Bonchev–Trinajstić information content (AvgIpc) is 2.46. The van der Waals surface area contributed by atoms with E-state index in [0.29, 0.717) is 19.6 Å². The maximum atomic E-state index is 11.6. The van der Waals surface area contributed by atoms with Crippen molar-refractivity contribution in [3.05, 3.63) is 71.4 Å². The highest BCUT2D eigenvalue weighted by Crippen LogP contribution is 2.08. The van der Waals surface area contributed by atoms with Crippen LogP contribution in [0.3, 0.4) is 0 Å². The molecule has 2 rings (SSSR count). The van der Waals surface area contributed by atoms with Gasteiger partial charge < -0.3 is 9.94 Å². The molecule has 2 aromatic carbocycles. The van der Waals surface area contributed by atoms with E-state index >= 15 is 0 Å². The fourth-order valence-corrected chi connectivity index (χ4v) is 1.72. The second-order valence-corrected chi connectivity index (χ2v) is 4.19. The molecule has 0 aromatic heterocycles. The normalized spacial score (nSPS) is 11.3. The molecule has 0 unspecified atom stereocenters. The Hall–Kier alpha value is -2.29. The van der Waals surface area contributed by atoms with Crippen LogP contribution in [0, 0.1) is 5.21 Å². The van der Waals surface area contributed by atoms with E-state index in [1.807, 2.05) is 60.7 Å². The number of nitrogens with zero attached hydrogens (tertiary/aromatic N) is 1. The Labute approximate surface area is 113 Å². The maximum absolute atomic E-state index is 11.6. The molecule has 2 aromatic rings. The summed E-state index contributed by atoms with van der Waals surface area (Å²) in [5.74, 6) is 0.830. The highest BCUT2D eigenvalue weighted by atomic mass is 16.5. The topological polar surface area (TPSA) is 35.3 Å². The zero-order valence-electron chi connectivity index (χ0n) is 10.7. The van der Waals surface area contributed by atoms with Crippen molar-refractivity contribution in [2.75, 3.05) is 6.61 Å². The van der Waals surface area contributed by atoms with Gasteiger partial charge in [0.25, 0.3) is 0 Å². The van der Waals surface area contributed by atoms with E-state index in [0.717, 1.165) is 16.1 Å². The third-order valence-corrected chi connectivity index (χ3v) is 2.64. The number of para-hydroxylation sites is 1. The molecule has 0 spiro atoms. The summed E-state index contributed by atoms with van der Waals surface area (Å²) in [6, 6.07) is 19.3. The Kier molecular flexibility index (Phi) is 4.99. The van der Waals surface area contributed by atoms with E-state index in [4.69, 9.17) is 4.74 Å². The molecule has 0 aliphatic heterocycles. The molecule has 0 aliphatic rings. The fraction of sp³-hybridized carbons (Fsp3) is 0.188. The molecule has 0 aliphatic carbocycles. The summed E-state index contributed by atoms with van der Waals surface area (Å²) in [5, 5.41) is 11.6. The summed E-state index contributed by atoms with van der Waals surface area (Å²) < 4.78 is 6.46. The smallest absolute Gasteiger partial charge is 0.178 e. The van der Waals surface area contributed by atoms with Gasteiger partial charge >= 0.3 is 0 Å². The quantitative estimate of drug-likeness (QED) is 0.261. The summed E-state index contributed by atoms with van der Waals surface area (Å²) in [7, 11) is 0. The predicted octanol–water partition coefficient (Wildman–Crippen LogP) is 3.24. The van der Waals surface area contributed by atoms with E-state index in [9.17, 15) is 5.21 Å². The van der Waals surface area contributed by atoms with Gasteiger partial charge in [-0.15, -0.1) is 0 Å². The Bertz CT molecular complexity index is 509. The van der Waals surface area contributed by atoms with Gasteiger partial charge in [0.2, 0.25) is 0 Å². The van der Waals surface area contributed by atoms with Crippen LogP contribution in [0.15, 0.2) is 60.7 Å². The van der Waals surface area contributed by atoms with Crippen LogP contribution >= 0.6 is 0 Å². The lowest BCUT2D eigenvalue weighted by molar-refractivity contribution is -0.471. The van der Waals surface area contributed by atoms with Gasteiger partial charge in [0.05, 0.1) is 13.0 Å². The van der Waals surface area contributed by atoms with E-state index in [2.05, 4.69) is 0 Å². The van der Waals surface area contributed by atoms with Crippen LogP contribution < -0.4 is 4.74 Å². The van der Waals surface area contributed by atoms with Gasteiger partial charge in [0.1, 0.15) is 5.75 Å². The van der Waals surface area contributed by atoms with Crippen molar-refractivity contribution < 1.29 is 9.48 Å². The Morgan fingerprint density at radius 3 is 2.26 bits per heavy atom. The highest BCUT2D eigenvalue weighted by Gasteiger charge is 1.97. The molecule has 0 fully saturated rings. The number of ether oxygens (including phenoxy) is 1. The van der Waals surface area contributed by atoms with Crippen molar-refractivity contribution >= 4 is 6.21 Å². The highest BCUT2D eigenvalue weighted by molar-refractivity contribution is 5.51. The fourth-order valence-electron chi connectivity index (χ4n) is 1.72. The minimum Gasteiger partial charge on any atom is -0.624 e. The van der Waals surface area contributed by atoms with Crippen molar-refractivity contribution in [1.82, 2.24) is 0 Å². The van der Waals surface area contributed by atoms with Crippen LogP contribution in [0.5, 0.6) is 5.75 Å². The molecule has 98 valence electrons. The monoisotopic (exact) mass is 255 g/mol. The minimum absolute atomic E-state index is 0.381. The standard InChI is InChI=1S/C16H17NO2/c18-17(14-15-8-3-1-4-9-15)12-7-13-19-16-10-5-2-6-11-16/h1-6,8-12H,7,13-14H2/b17-12-. The van der Waals surface area contributed by atoms with E-state index in [1.165, 1.54) is 0 Å². The number of hydroxylamine groups is 1. The van der Waals surface area contributed by atoms with E-state index < -0.39 is 0 Å². The molecule has 3 nitrogen and oxygen atoms in total. The van der Waals surface area contributed by atoms with Gasteiger partial charge in [-0.05, 0) is 12.1 Å². The lowest BCUT2D eigenvalue weighted by Crippen LogP contribution is -2.07. The zero-order valence-corrected chi connectivity index (χ0v) is 10.7. The van der Waals surface area contributed by atoms with Crippen LogP contribution in [-0.4, -0.2) is 17.6 Å². The van der Waals surface area contributed by atoms with Crippen LogP contribution in [0.1, 0.15) is 12.0 Å². The summed E-state index contributed by atoms with van der Waals surface area (Å²) in [5.41, 5.74) is 1.01. The van der Waals surface area contributed by atoms with Crippen molar-refractivity contribution in [1.29, 1.82) is 0 Å². The lowest BCUT2D eigenvalue weighted by atomic mass is 10.2. The first kappa shape index (κ1) is 13.1. The molecule has 0 saturated heterocycles.